The van der Waals surface area contributed by atoms with Crippen LogP contribution in [0.2, 0.25) is 0 Å². The minimum Gasteiger partial charge on any atom is -0.300 e. The fourth-order valence-electron chi connectivity index (χ4n) is 4.84. The highest BCUT2D eigenvalue weighted by Gasteiger charge is 2.43. The van der Waals surface area contributed by atoms with Crippen molar-refractivity contribution in [2.24, 2.45) is 23.2 Å². The van der Waals surface area contributed by atoms with E-state index in [1.54, 1.807) is 13.8 Å². The summed E-state index contributed by atoms with van der Waals surface area (Å²) in [5.74, 6) is 2.25. The maximum atomic E-state index is 12.4. The lowest BCUT2D eigenvalue weighted by molar-refractivity contribution is -0.132. The Morgan fingerprint density at radius 2 is 1.48 bits per heavy atom. The minimum absolute atomic E-state index is 0.117. The van der Waals surface area contributed by atoms with Crippen molar-refractivity contribution in [1.29, 1.82) is 0 Å². The first-order chi connectivity index (χ1) is 9.95. The van der Waals surface area contributed by atoms with E-state index in [0.717, 1.165) is 32.1 Å². The number of ketones is 2. The Hall–Kier alpha value is -0.660. The van der Waals surface area contributed by atoms with Gasteiger partial charge < -0.3 is 0 Å². The molecule has 0 heterocycles. The van der Waals surface area contributed by atoms with Crippen LogP contribution in [0.25, 0.3) is 0 Å². The summed E-state index contributed by atoms with van der Waals surface area (Å²) in [7, 11) is 0. The number of rotatable bonds is 3. The third-order valence-corrected chi connectivity index (χ3v) is 6.50. The molecular weight excluding hydrogens is 260 g/mol. The summed E-state index contributed by atoms with van der Waals surface area (Å²) in [6, 6.07) is 0. The molecule has 0 aliphatic heterocycles. The molecule has 0 N–H and O–H groups in total. The number of hydrogen-bond acceptors (Lipinski definition) is 2. The number of hydrogen-bond donors (Lipinski definition) is 0. The van der Waals surface area contributed by atoms with Crippen LogP contribution in [0.1, 0.15) is 85.0 Å². The van der Waals surface area contributed by atoms with Crippen LogP contribution >= 0.6 is 0 Å². The van der Waals surface area contributed by atoms with Crippen LogP contribution in [0.15, 0.2) is 0 Å². The lowest BCUT2D eigenvalue weighted by Gasteiger charge is -2.44. The summed E-state index contributed by atoms with van der Waals surface area (Å²) in [5.41, 5.74) is -0.117. The summed E-state index contributed by atoms with van der Waals surface area (Å²) in [6.45, 7) is 5.76. The van der Waals surface area contributed by atoms with Crippen molar-refractivity contribution in [3.8, 4) is 0 Å². The van der Waals surface area contributed by atoms with Crippen LogP contribution in [0.4, 0.5) is 0 Å². The molecule has 2 rings (SSSR count). The van der Waals surface area contributed by atoms with E-state index >= 15 is 0 Å². The predicted molar refractivity (Wildman–Crippen MR) is 86.1 cm³/mol. The zero-order valence-electron chi connectivity index (χ0n) is 14.1. The zero-order chi connectivity index (χ0) is 15.5. The molecule has 21 heavy (non-hydrogen) atoms. The quantitative estimate of drug-likeness (QED) is 0.737. The number of carbonyl (C=O) groups excluding carboxylic acids is 2. The lowest BCUT2D eigenvalue weighted by Crippen LogP contribution is -2.41. The molecule has 0 spiro atoms. The Bertz CT molecular complexity index is 379. The van der Waals surface area contributed by atoms with Crippen molar-refractivity contribution in [2.75, 3.05) is 0 Å². The van der Waals surface area contributed by atoms with E-state index in [0.29, 0.717) is 29.3 Å². The molecule has 2 nitrogen and oxygen atoms in total. The topological polar surface area (TPSA) is 34.1 Å². The Morgan fingerprint density at radius 1 is 0.857 bits per heavy atom. The van der Waals surface area contributed by atoms with Gasteiger partial charge in [-0.05, 0) is 64.2 Å². The van der Waals surface area contributed by atoms with Gasteiger partial charge >= 0.3 is 0 Å². The largest absolute Gasteiger partial charge is 0.300 e. The molecule has 120 valence electrons. The maximum Gasteiger partial charge on any atom is 0.135 e. The van der Waals surface area contributed by atoms with E-state index in [1.165, 1.54) is 32.1 Å². The molecule has 0 bridgehead atoms. The summed E-state index contributed by atoms with van der Waals surface area (Å²) >= 11 is 0. The second-order valence-electron chi connectivity index (χ2n) is 7.76. The first-order valence-corrected chi connectivity index (χ1v) is 8.96. The van der Waals surface area contributed by atoms with E-state index in [1.807, 2.05) is 0 Å². The highest BCUT2D eigenvalue weighted by molar-refractivity contribution is 5.82. The average Bonchev–Trinajstić information content (AvgIpc) is 2.43. The second kappa shape index (κ2) is 7.07. The predicted octanol–water partition coefficient (Wildman–Crippen LogP) is 4.95. The average molecular weight is 292 g/mol. The summed E-state index contributed by atoms with van der Waals surface area (Å²) < 4.78 is 0. The highest BCUT2D eigenvalue weighted by Crippen LogP contribution is 2.48. The normalized spacial score (nSPS) is 38.3. The number of Topliss-reactive ketones (excluding diaryl/α,β-unsaturated/α-hetero) is 2. The van der Waals surface area contributed by atoms with Crippen LogP contribution in [0, 0.1) is 23.2 Å². The summed E-state index contributed by atoms with van der Waals surface area (Å²) in [4.78, 5) is 23.9. The third-order valence-electron chi connectivity index (χ3n) is 6.50. The van der Waals surface area contributed by atoms with E-state index in [2.05, 4.69) is 6.92 Å². The van der Waals surface area contributed by atoms with Gasteiger partial charge in [0.05, 0.1) is 0 Å². The molecule has 0 radical (unpaired) electrons. The molecule has 2 fully saturated rings. The molecule has 0 aromatic rings. The van der Waals surface area contributed by atoms with Crippen molar-refractivity contribution in [3.05, 3.63) is 0 Å². The maximum absolute atomic E-state index is 12.4. The van der Waals surface area contributed by atoms with E-state index in [4.69, 9.17) is 0 Å². The fourth-order valence-corrected chi connectivity index (χ4v) is 4.84. The molecular formula is C19H32O2. The molecule has 0 amide bonds. The fraction of sp³-hybridized carbons (Fsp3) is 0.895. The Kier molecular flexibility index (Phi) is 5.62. The smallest absolute Gasteiger partial charge is 0.135 e. The van der Waals surface area contributed by atoms with Crippen molar-refractivity contribution in [2.45, 2.75) is 85.0 Å². The Labute approximate surface area is 130 Å². The van der Waals surface area contributed by atoms with Gasteiger partial charge in [-0.1, -0.05) is 32.6 Å². The van der Waals surface area contributed by atoms with Gasteiger partial charge in [-0.15, -0.1) is 0 Å². The van der Waals surface area contributed by atoms with Gasteiger partial charge in [0.2, 0.25) is 0 Å². The van der Waals surface area contributed by atoms with Gasteiger partial charge in [0.25, 0.3) is 0 Å². The van der Waals surface area contributed by atoms with Crippen molar-refractivity contribution in [1.82, 2.24) is 0 Å². The molecule has 0 saturated heterocycles. The van der Waals surface area contributed by atoms with Gasteiger partial charge in [0, 0.05) is 11.3 Å². The first-order valence-electron chi connectivity index (χ1n) is 8.96. The lowest BCUT2D eigenvalue weighted by atomic mass is 9.59. The van der Waals surface area contributed by atoms with Gasteiger partial charge in [-0.2, -0.15) is 0 Å². The summed E-state index contributed by atoms with van der Waals surface area (Å²) in [5, 5.41) is 0. The van der Waals surface area contributed by atoms with Crippen LogP contribution in [-0.2, 0) is 9.59 Å². The van der Waals surface area contributed by atoms with E-state index in [-0.39, 0.29) is 5.41 Å². The van der Waals surface area contributed by atoms with E-state index < -0.39 is 0 Å². The molecule has 2 aliphatic rings. The van der Waals surface area contributed by atoms with Gasteiger partial charge in [-0.25, -0.2) is 0 Å². The molecule has 0 aromatic heterocycles. The minimum atomic E-state index is -0.117. The van der Waals surface area contributed by atoms with Crippen LogP contribution in [0.5, 0.6) is 0 Å². The SMILES string of the molecule is CC(=O)C1CCC(C2CCCCCCC2(C)C(C)=O)CC1. The van der Waals surface area contributed by atoms with Gasteiger partial charge in [-0.3, -0.25) is 9.59 Å². The Balaban J connectivity index is 2.10. The van der Waals surface area contributed by atoms with Crippen LogP contribution in [0.3, 0.4) is 0 Å². The summed E-state index contributed by atoms with van der Waals surface area (Å²) in [6.07, 6.45) is 11.8. The van der Waals surface area contributed by atoms with Crippen molar-refractivity contribution < 1.29 is 9.59 Å². The third kappa shape index (κ3) is 3.76. The van der Waals surface area contributed by atoms with Crippen LogP contribution in [-0.4, -0.2) is 11.6 Å². The van der Waals surface area contributed by atoms with Crippen molar-refractivity contribution >= 4 is 11.6 Å². The molecule has 2 aliphatic carbocycles. The molecule has 2 unspecified atom stereocenters. The van der Waals surface area contributed by atoms with Gasteiger partial charge in [0.15, 0.2) is 0 Å². The first kappa shape index (κ1) is 16.7. The molecule has 2 heteroatoms. The number of carbonyl (C=O) groups is 2. The van der Waals surface area contributed by atoms with Gasteiger partial charge in [0.1, 0.15) is 11.6 Å². The second-order valence-corrected chi connectivity index (χ2v) is 7.76. The van der Waals surface area contributed by atoms with Crippen molar-refractivity contribution in [3.63, 3.8) is 0 Å². The highest BCUT2D eigenvalue weighted by atomic mass is 16.1. The zero-order valence-corrected chi connectivity index (χ0v) is 14.1. The molecule has 0 aromatic carbocycles. The van der Waals surface area contributed by atoms with Crippen LogP contribution < -0.4 is 0 Å². The van der Waals surface area contributed by atoms with E-state index in [9.17, 15) is 9.59 Å². The Morgan fingerprint density at radius 3 is 2.05 bits per heavy atom. The monoisotopic (exact) mass is 292 g/mol. The molecule has 2 saturated carbocycles. The molecule has 2 atom stereocenters. The standard InChI is InChI=1S/C19H32O2/c1-14(20)16-9-11-17(12-10-16)18-8-6-4-5-7-13-19(18,3)15(2)21/h16-18H,4-13H2,1-3H3.